The monoisotopic (exact) mass is 496 g/mol. The molecule has 1 amide bonds. The van der Waals surface area contributed by atoms with Crippen molar-refractivity contribution in [3.05, 3.63) is 51.5 Å². The lowest BCUT2D eigenvalue weighted by atomic mass is 9.78. The number of rotatable bonds is 7. The lowest BCUT2D eigenvalue weighted by molar-refractivity contribution is -0.137. The largest absolute Gasteiger partial charge is 0.416 e. The second kappa shape index (κ2) is 9.49. The number of aliphatic hydroxyl groups excluding tert-OH is 1. The molecule has 0 radical (unpaired) electrons. The number of alkyl halides is 3. The van der Waals surface area contributed by atoms with Crippen LogP contribution in [0, 0.1) is 12.8 Å². The van der Waals surface area contributed by atoms with Crippen molar-refractivity contribution in [1.82, 2.24) is 14.9 Å². The van der Waals surface area contributed by atoms with E-state index in [2.05, 4.69) is 20.2 Å². The fourth-order valence-electron chi connectivity index (χ4n) is 3.78. The molecular formula is C22H23F3N4O2S2. The van der Waals surface area contributed by atoms with Gasteiger partial charge in [-0.05, 0) is 44.5 Å². The van der Waals surface area contributed by atoms with E-state index in [1.807, 2.05) is 19.4 Å². The van der Waals surface area contributed by atoms with Gasteiger partial charge in [0.25, 0.3) is 0 Å². The van der Waals surface area contributed by atoms with E-state index in [0.717, 1.165) is 34.0 Å². The van der Waals surface area contributed by atoms with E-state index in [4.69, 9.17) is 0 Å². The van der Waals surface area contributed by atoms with Gasteiger partial charge in [-0.25, -0.2) is 9.97 Å². The highest BCUT2D eigenvalue weighted by atomic mass is 32.1. The Hall–Kier alpha value is -2.34. The topological polar surface area (TPSA) is 78.4 Å². The van der Waals surface area contributed by atoms with Crippen molar-refractivity contribution in [2.24, 2.45) is 5.92 Å². The Morgan fingerprint density at radius 1 is 1.24 bits per heavy atom. The van der Waals surface area contributed by atoms with E-state index in [-0.39, 0.29) is 24.5 Å². The number of aryl methyl sites for hydroxylation is 1. The van der Waals surface area contributed by atoms with Gasteiger partial charge in [-0.15, -0.1) is 22.7 Å². The van der Waals surface area contributed by atoms with E-state index >= 15 is 0 Å². The molecule has 0 unspecified atom stereocenters. The number of benzene rings is 1. The Bertz CT molecular complexity index is 1120. The van der Waals surface area contributed by atoms with Crippen LogP contribution in [0.1, 0.15) is 34.7 Å². The fraction of sp³-hybridized carbons (Fsp3) is 0.409. The van der Waals surface area contributed by atoms with Crippen molar-refractivity contribution in [1.29, 1.82) is 0 Å². The second-order valence-corrected chi connectivity index (χ2v) is 10.1. The van der Waals surface area contributed by atoms with Gasteiger partial charge in [-0.1, -0.05) is 12.1 Å². The average Bonchev–Trinajstić information content (AvgIpc) is 3.32. The summed E-state index contributed by atoms with van der Waals surface area (Å²) in [5.74, 6) is -0.198. The molecule has 0 spiro atoms. The van der Waals surface area contributed by atoms with Crippen LogP contribution >= 0.6 is 22.7 Å². The molecular weight excluding hydrogens is 473 g/mol. The summed E-state index contributed by atoms with van der Waals surface area (Å²) in [6.07, 6.45) is -2.96. The van der Waals surface area contributed by atoms with Gasteiger partial charge in [0.2, 0.25) is 5.91 Å². The summed E-state index contributed by atoms with van der Waals surface area (Å²) in [7, 11) is 1.92. The van der Waals surface area contributed by atoms with Gasteiger partial charge in [0.15, 0.2) is 5.13 Å². The molecule has 11 heteroatoms. The number of nitrogens with zero attached hydrogens (tertiary/aromatic N) is 3. The molecule has 1 aliphatic carbocycles. The van der Waals surface area contributed by atoms with Crippen molar-refractivity contribution in [2.45, 2.75) is 45.1 Å². The van der Waals surface area contributed by atoms with Gasteiger partial charge >= 0.3 is 6.18 Å². The molecule has 0 atom stereocenters. The molecule has 0 aliphatic heterocycles. The van der Waals surface area contributed by atoms with Crippen molar-refractivity contribution in [2.75, 3.05) is 12.4 Å². The molecule has 1 aromatic carbocycles. The summed E-state index contributed by atoms with van der Waals surface area (Å²) >= 11 is 2.73. The summed E-state index contributed by atoms with van der Waals surface area (Å²) in [5.41, 5.74) is 1.67. The van der Waals surface area contributed by atoms with E-state index in [1.165, 1.54) is 34.8 Å². The lowest BCUT2D eigenvalue weighted by Crippen LogP contribution is -2.46. The van der Waals surface area contributed by atoms with Crippen molar-refractivity contribution in [3.63, 3.8) is 0 Å². The minimum atomic E-state index is -4.33. The van der Waals surface area contributed by atoms with Gasteiger partial charge in [0, 0.05) is 23.9 Å². The second-order valence-electron chi connectivity index (χ2n) is 8.14. The predicted molar refractivity (Wildman–Crippen MR) is 122 cm³/mol. The van der Waals surface area contributed by atoms with Gasteiger partial charge in [-0.2, -0.15) is 13.2 Å². The summed E-state index contributed by atoms with van der Waals surface area (Å²) in [6.45, 7) is 2.27. The van der Waals surface area contributed by atoms with Gasteiger partial charge < -0.3 is 10.4 Å². The summed E-state index contributed by atoms with van der Waals surface area (Å²) in [5, 5.41) is 15.1. The number of carbonyl (C=O) groups excluding carboxylic acids is 1. The van der Waals surface area contributed by atoms with Crippen LogP contribution in [0.3, 0.4) is 0 Å². The van der Waals surface area contributed by atoms with Gasteiger partial charge in [0.05, 0.1) is 28.4 Å². The molecule has 33 heavy (non-hydrogen) atoms. The number of carbonyl (C=O) groups is 1. The quantitative estimate of drug-likeness (QED) is 0.485. The third kappa shape index (κ3) is 5.43. The zero-order chi connectivity index (χ0) is 23.8. The molecule has 2 N–H and O–H groups in total. The van der Waals surface area contributed by atoms with E-state index < -0.39 is 11.7 Å². The zero-order valence-corrected chi connectivity index (χ0v) is 19.7. The van der Waals surface area contributed by atoms with Crippen molar-refractivity contribution in [3.8, 4) is 10.6 Å². The maximum atomic E-state index is 12.7. The first-order valence-electron chi connectivity index (χ1n) is 10.3. The molecule has 2 aromatic heterocycles. The zero-order valence-electron chi connectivity index (χ0n) is 18.0. The maximum absolute atomic E-state index is 12.7. The third-order valence-electron chi connectivity index (χ3n) is 5.76. The Balaban J connectivity index is 1.27. The molecule has 1 saturated carbocycles. The minimum absolute atomic E-state index is 0.0767. The summed E-state index contributed by atoms with van der Waals surface area (Å²) < 4.78 is 38.1. The molecule has 1 aliphatic rings. The molecule has 2 heterocycles. The lowest BCUT2D eigenvalue weighted by Gasteiger charge is -2.40. The van der Waals surface area contributed by atoms with Crippen LogP contribution in [0.5, 0.6) is 0 Å². The van der Waals surface area contributed by atoms with Crippen LogP contribution in [-0.4, -0.2) is 39.0 Å². The minimum Gasteiger partial charge on any atom is -0.389 e. The standard InChI is InChI=1S/C22H23F3N4O2S2/c1-12-19(33-18(10-30)26-12)17-11-32-21(27-17)28-20(31)14-7-16(8-14)29(2)9-13-3-5-15(6-4-13)22(23,24)25/h3-6,11,14,16,30H,7-10H2,1-2H3,(H,27,28,31). The number of hydrogen-bond donors (Lipinski definition) is 2. The van der Waals surface area contributed by atoms with Crippen LogP contribution < -0.4 is 5.32 Å². The molecule has 6 nitrogen and oxygen atoms in total. The SMILES string of the molecule is Cc1nc(CO)sc1-c1csc(NC(=O)C2CC(N(C)Cc3ccc(C(F)(F)F)cc3)C2)n1. The van der Waals surface area contributed by atoms with E-state index in [1.54, 1.807) is 0 Å². The first-order chi connectivity index (χ1) is 15.6. The molecule has 3 aromatic rings. The molecule has 0 saturated heterocycles. The molecule has 4 rings (SSSR count). The van der Waals surface area contributed by atoms with Gasteiger partial charge in [-0.3, -0.25) is 9.69 Å². The molecule has 1 fully saturated rings. The Labute approximate surface area is 197 Å². The third-order valence-corrected chi connectivity index (χ3v) is 7.69. The number of hydrogen-bond acceptors (Lipinski definition) is 7. The van der Waals surface area contributed by atoms with Crippen LogP contribution in [0.15, 0.2) is 29.6 Å². The number of aromatic nitrogens is 2. The Morgan fingerprint density at radius 2 is 1.94 bits per heavy atom. The van der Waals surface area contributed by atoms with Crippen molar-refractivity contribution < 1.29 is 23.1 Å². The van der Waals surface area contributed by atoms with Crippen molar-refractivity contribution >= 4 is 33.7 Å². The normalized spacial score (nSPS) is 18.4. The highest BCUT2D eigenvalue weighted by molar-refractivity contribution is 7.17. The van der Waals surface area contributed by atoms with Crippen LogP contribution in [-0.2, 0) is 24.1 Å². The fourth-order valence-corrected chi connectivity index (χ4v) is 5.44. The van der Waals surface area contributed by atoms with E-state index in [0.29, 0.717) is 29.5 Å². The number of thiazole rings is 2. The highest BCUT2D eigenvalue weighted by Gasteiger charge is 2.37. The number of halogens is 3. The van der Waals surface area contributed by atoms with Crippen LogP contribution in [0.25, 0.3) is 10.6 Å². The Morgan fingerprint density at radius 3 is 2.55 bits per heavy atom. The van der Waals surface area contributed by atoms with Crippen LogP contribution in [0.4, 0.5) is 18.3 Å². The summed E-state index contributed by atoms with van der Waals surface area (Å²) in [4.78, 5) is 24.3. The highest BCUT2D eigenvalue weighted by Crippen LogP contribution is 2.35. The van der Waals surface area contributed by atoms with Gasteiger partial charge in [0.1, 0.15) is 5.01 Å². The Kier molecular flexibility index (Phi) is 6.85. The maximum Gasteiger partial charge on any atom is 0.416 e. The number of amides is 1. The van der Waals surface area contributed by atoms with Crippen LogP contribution in [0.2, 0.25) is 0 Å². The number of anilines is 1. The predicted octanol–water partition coefficient (Wildman–Crippen LogP) is 4.94. The summed E-state index contributed by atoms with van der Waals surface area (Å²) in [6, 6.07) is 5.39. The number of nitrogens with one attached hydrogen (secondary N) is 1. The average molecular weight is 497 g/mol. The molecule has 176 valence electrons. The molecule has 0 bridgehead atoms. The van der Waals surface area contributed by atoms with E-state index in [9.17, 15) is 23.1 Å². The first-order valence-corrected chi connectivity index (χ1v) is 12.0. The first kappa shape index (κ1) is 23.8. The smallest absolute Gasteiger partial charge is 0.389 e. The number of aliphatic hydroxyl groups is 1.